The number of anilines is 1. The first-order chi connectivity index (χ1) is 15.9. The van der Waals surface area contributed by atoms with Crippen LogP contribution in [0, 0.1) is 5.41 Å². The number of aromatic nitrogens is 1. The molecule has 0 amide bonds. The first kappa shape index (κ1) is 22.9. The monoisotopic (exact) mass is 454 g/mol. The number of hydrogen-bond acceptors (Lipinski definition) is 5. The lowest BCUT2D eigenvalue weighted by Crippen LogP contribution is -2.29. The van der Waals surface area contributed by atoms with E-state index in [1.54, 1.807) is 35.4 Å². The molecule has 0 atom stereocenters. The van der Waals surface area contributed by atoms with Crippen LogP contribution in [-0.4, -0.2) is 54.4 Å². The number of hydrogen-bond donors (Lipinski definition) is 2. The van der Waals surface area contributed by atoms with E-state index in [0.717, 1.165) is 24.1 Å². The van der Waals surface area contributed by atoms with Gasteiger partial charge in [0.2, 0.25) is 0 Å². The molecule has 4 rings (SSSR count). The van der Waals surface area contributed by atoms with Crippen molar-refractivity contribution in [1.82, 2.24) is 9.47 Å². The largest absolute Gasteiger partial charge is 0.489 e. The summed E-state index contributed by atoms with van der Waals surface area (Å²) < 4.78 is 33.9. The number of halogens is 2. The van der Waals surface area contributed by atoms with Gasteiger partial charge in [-0.1, -0.05) is 18.2 Å². The number of pyridine rings is 1. The number of nitrogens with one attached hydrogen (secondary N) is 2. The number of likely N-dealkylation sites (tertiary alicyclic amines) is 1. The Kier molecular flexibility index (Phi) is 7.03. The molecule has 1 aromatic heterocycles. The zero-order valence-corrected chi connectivity index (χ0v) is 18.4. The van der Waals surface area contributed by atoms with Crippen molar-refractivity contribution in [3.8, 4) is 11.4 Å². The molecule has 0 bridgehead atoms. The Labute approximate surface area is 191 Å². The molecule has 1 aliphatic heterocycles. The molecule has 0 saturated carbocycles. The van der Waals surface area contributed by atoms with Gasteiger partial charge in [0, 0.05) is 61.5 Å². The molecule has 2 N–H and O–H groups in total. The van der Waals surface area contributed by atoms with E-state index < -0.39 is 5.92 Å². The Balaban J connectivity index is 1.39. The van der Waals surface area contributed by atoms with Gasteiger partial charge in [-0.3, -0.25) is 14.3 Å². The third-order valence-electron chi connectivity index (χ3n) is 5.83. The van der Waals surface area contributed by atoms with Crippen molar-refractivity contribution in [2.24, 2.45) is 0 Å². The number of nitrogens with zero attached hydrogens (tertiary/aromatic N) is 2. The Bertz CT molecular complexity index is 1120. The average Bonchev–Trinajstić information content (AvgIpc) is 3.17. The maximum atomic E-state index is 13.3. The molecule has 0 spiro atoms. The second kappa shape index (κ2) is 10.1. The predicted molar refractivity (Wildman–Crippen MR) is 126 cm³/mol. The Morgan fingerprint density at radius 3 is 2.79 bits per heavy atom. The van der Waals surface area contributed by atoms with E-state index in [4.69, 9.17) is 10.1 Å². The van der Waals surface area contributed by atoms with Crippen LogP contribution < -0.4 is 15.6 Å². The minimum atomic E-state index is -2.60. The molecule has 1 saturated heterocycles. The molecule has 8 heteroatoms. The van der Waals surface area contributed by atoms with Crippen LogP contribution in [0.4, 0.5) is 14.5 Å². The summed E-state index contributed by atoms with van der Waals surface area (Å²) in [6.45, 7) is 1.60. The highest BCUT2D eigenvalue weighted by Crippen LogP contribution is 2.26. The van der Waals surface area contributed by atoms with E-state index in [2.05, 4.69) is 17.5 Å². The summed E-state index contributed by atoms with van der Waals surface area (Å²) in [5.41, 5.74) is 2.84. The minimum Gasteiger partial charge on any atom is -0.489 e. The van der Waals surface area contributed by atoms with Crippen molar-refractivity contribution in [3.05, 3.63) is 76.2 Å². The summed E-state index contributed by atoms with van der Waals surface area (Å²) >= 11 is 0. The maximum absolute atomic E-state index is 13.3. The summed E-state index contributed by atoms with van der Waals surface area (Å²) in [6.07, 6.45) is 11.1. The van der Waals surface area contributed by atoms with E-state index >= 15 is 0 Å². The summed E-state index contributed by atoms with van der Waals surface area (Å²) in [6, 6.07) is 8.54. The lowest BCUT2D eigenvalue weighted by atomic mass is 10.1. The van der Waals surface area contributed by atoms with Crippen LogP contribution in [-0.2, 0) is 0 Å². The summed E-state index contributed by atoms with van der Waals surface area (Å²) in [5.74, 6) is -2.09. The number of ether oxygens (including phenoxy) is 1. The van der Waals surface area contributed by atoms with Crippen LogP contribution >= 0.6 is 0 Å². The highest BCUT2D eigenvalue weighted by molar-refractivity contribution is 5.86. The van der Waals surface area contributed by atoms with E-state index in [-0.39, 0.29) is 18.5 Å². The van der Waals surface area contributed by atoms with Crippen molar-refractivity contribution in [2.75, 3.05) is 38.1 Å². The van der Waals surface area contributed by atoms with Crippen LogP contribution in [0.3, 0.4) is 0 Å². The highest BCUT2D eigenvalue weighted by atomic mass is 19.3. The predicted octanol–water partition coefficient (Wildman–Crippen LogP) is 4.24. The van der Waals surface area contributed by atoms with Crippen molar-refractivity contribution in [3.63, 3.8) is 0 Å². The van der Waals surface area contributed by atoms with E-state index in [9.17, 15) is 13.6 Å². The zero-order valence-electron chi connectivity index (χ0n) is 18.4. The molecule has 6 nitrogen and oxygen atoms in total. The molecule has 2 heterocycles. The van der Waals surface area contributed by atoms with Crippen molar-refractivity contribution in [1.29, 1.82) is 5.41 Å². The van der Waals surface area contributed by atoms with Gasteiger partial charge in [-0.15, -0.1) is 0 Å². The third kappa shape index (κ3) is 5.96. The molecule has 0 radical (unpaired) electrons. The zero-order chi connectivity index (χ0) is 23.3. The fourth-order valence-corrected chi connectivity index (χ4v) is 4.03. The SMILES string of the molecule is N=Cc1cc(-n2ccc(OCC3=CCCC=C3)cc2=O)ccc1NCCN1CCC(F)(F)C1. The van der Waals surface area contributed by atoms with E-state index in [1.165, 1.54) is 16.8 Å². The molecule has 33 heavy (non-hydrogen) atoms. The first-order valence-corrected chi connectivity index (χ1v) is 11.1. The Hall–Kier alpha value is -3.26. The van der Waals surface area contributed by atoms with Crippen LogP contribution in [0.25, 0.3) is 5.69 Å². The van der Waals surface area contributed by atoms with Gasteiger partial charge in [0.05, 0.1) is 6.54 Å². The molecule has 2 aliphatic rings. The topological polar surface area (TPSA) is 70.3 Å². The average molecular weight is 455 g/mol. The van der Waals surface area contributed by atoms with Gasteiger partial charge in [0.1, 0.15) is 12.4 Å². The standard InChI is InChI=1S/C25H28F2N4O2/c26-25(27)9-12-30(18-25)13-10-29-23-7-6-21(14-20(23)16-28)31-11-8-22(15-24(31)32)33-17-19-4-2-1-3-5-19/h2,4-8,11,14-16,28-29H,1,3,9-10,12-13,17-18H2. The van der Waals surface area contributed by atoms with Gasteiger partial charge >= 0.3 is 0 Å². The van der Waals surface area contributed by atoms with Gasteiger partial charge < -0.3 is 15.5 Å². The number of rotatable bonds is 9. The van der Waals surface area contributed by atoms with Crippen molar-refractivity contribution >= 4 is 11.9 Å². The molecule has 0 unspecified atom stereocenters. The molecule has 174 valence electrons. The molecular formula is C25H28F2N4O2. The van der Waals surface area contributed by atoms with Gasteiger partial charge in [0.25, 0.3) is 11.5 Å². The molecule has 1 aliphatic carbocycles. The van der Waals surface area contributed by atoms with Gasteiger partial charge in [-0.05, 0) is 42.7 Å². The second-order valence-corrected chi connectivity index (χ2v) is 8.34. The van der Waals surface area contributed by atoms with Crippen LogP contribution in [0.1, 0.15) is 24.8 Å². The first-order valence-electron chi connectivity index (χ1n) is 11.1. The Morgan fingerprint density at radius 1 is 1.21 bits per heavy atom. The Morgan fingerprint density at radius 2 is 2.09 bits per heavy atom. The highest BCUT2D eigenvalue weighted by Gasteiger charge is 2.37. The second-order valence-electron chi connectivity index (χ2n) is 8.34. The number of alkyl halides is 2. The molecule has 1 fully saturated rings. The van der Waals surface area contributed by atoms with Gasteiger partial charge in [0.15, 0.2) is 0 Å². The van der Waals surface area contributed by atoms with Crippen LogP contribution in [0.15, 0.2) is 65.1 Å². The van der Waals surface area contributed by atoms with Crippen molar-refractivity contribution in [2.45, 2.75) is 25.2 Å². The molecule has 2 aromatic rings. The summed E-state index contributed by atoms with van der Waals surface area (Å²) in [5, 5.41) is 11.0. The van der Waals surface area contributed by atoms with Gasteiger partial charge in [-0.2, -0.15) is 0 Å². The quantitative estimate of drug-likeness (QED) is 0.556. The van der Waals surface area contributed by atoms with E-state index in [0.29, 0.717) is 43.2 Å². The number of benzene rings is 1. The fraction of sp³-hybridized carbons (Fsp3) is 0.360. The molecular weight excluding hydrogens is 426 g/mol. The smallest absolute Gasteiger partial charge is 0.261 e. The van der Waals surface area contributed by atoms with Gasteiger partial charge in [-0.25, -0.2) is 8.78 Å². The normalized spacial score (nSPS) is 17.6. The number of allylic oxidation sites excluding steroid dienone is 2. The lowest BCUT2D eigenvalue weighted by molar-refractivity contribution is 0.0126. The minimum absolute atomic E-state index is 0.0963. The fourth-order valence-electron chi connectivity index (χ4n) is 4.03. The van der Waals surface area contributed by atoms with Crippen LogP contribution in [0.2, 0.25) is 0 Å². The van der Waals surface area contributed by atoms with Crippen molar-refractivity contribution < 1.29 is 13.5 Å². The van der Waals surface area contributed by atoms with E-state index in [1.807, 2.05) is 6.08 Å². The summed E-state index contributed by atoms with van der Waals surface area (Å²) in [7, 11) is 0. The molecule has 1 aromatic carbocycles. The maximum Gasteiger partial charge on any atom is 0.261 e. The van der Waals surface area contributed by atoms with Crippen LogP contribution in [0.5, 0.6) is 5.75 Å². The third-order valence-corrected chi connectivity index (χ3v) is 5.83. The lowest BCUT2D eigenvalue weighted by Gasteiger charge is -2.17. The summed E-state index contributed by atoms with van der Waals surface area (Å²) in [4.78, 5) is 14.4.